The van der Waals surface area contributed by atoms with Crippen molar-refractivity contribution in [3.8, 4) is 0 Å². The number of methoxy groups -OCH3 is 1. The zero-order valence-corrected chi connectivity index (χ0v) is 11.8. The van der Waals surface area contributed by atoms with Crippen molar-refractivity contribution in [1.29, 1.82) is 0 Å². The van der Waals surface area contributed by atoms with Crippen molar-refractivity contribution < 1.29 is 17.9 Å². The second-order valence-electron chi connectivity index (χ2n) is 4.04. The molecule has 0 saturated heterocycles. The van der Waals surface area contributed by atoms with Crippen molar-refractivity contribution in [1.82, 2.24) is 9.97 Å². The molecule has 0 saturated carbocycles. The fraction of sp³-hybridized carbons (Fsp3) is 0.667. The molecule has 1 aromatic rings. The van der Waals surface area contributed by atoms with Gasteiger partial charge in [0.25, 0.3) is 0 Å². The number of halogens is 3. The van der Waals surface area contributed by atoms with E-state index in [9.17, 15) is 13.2 Å². The monoisotopic (exact) mass is 292 g/mol. The van der Waals surface area contributed by atoms with Gasteiger partial charge in [-0.3, -0.25) is 0 Å². The van der Waals surface area contributed by atoms with E-state index in [1.807, 2.05) is 6.92 Å². The smallest absolute Gasteiger partial charge is 0.383 e. The first kappa shape index (κ1) is 16.5. The molecule has 0 aliphatic carbocycles. The van der Waals surface area contributed by atoms with E-state index >= 15 is 0 Å². The van der Waals surface area contributed by atoms with Gasteiger partial charge in [0.05, 0.1) is 6.61 Å². The highest BCUT2D eigenvalue weighted by Gasteiger charge is 2.35. The number of hydrogen-bond acceptors (Lipinski definition) is 5. The van der Waals surface area contributed by atoms with Crippen LogP contribution in [0.25, 0.3) is 0 Å². The predicted molar refractivity (Wildman–Crippen MR) is 71.0 cm³/mol. The predicted octanol–water partition coefficient (Wildman–Crippen LogP) is 2.40. The number of hydrogen-bond donors (Lipinski definition) is 1. The molecule has 0 aliphatic rings. The first-order valence-corrected chi connectivity index (χ1v) is 6.36. The summed E-state index contributed by atoms with van der Waals surface area (Å²) in [6, 6.07) is 1.51. The van der Waals surface area contributed by atoms with Crippen LogP contribution >= 0.6 is 0 Å². The number of alkyl halides is 3. The molecule has 0 unspecified atom stereocenters. The number of rotatable bonds is 7. The third-order valence-electron chi connectivity index (χ3n) is 2.60. The van der Waals surface area contributed by atoms with Crippen LogP contribution in [0.3, 0.4) is 0 Å². The van der Waals surface area contributed by atoms with Gasteiger partial charge < -0.3 is 15.0 Å². The number of likely N-dealkylation sites (N-methyl/N-ethyl adjacent to an activating group) is 1. The lowest BCUT2D eigenvalue weighted by Gasteiger charge is -2.23. The van der Waals surface area contributed by atoms with E-state index in [4.69, 9.17) is 4.74 Å². The summed E-state index contributed by atoms with van der Waals surface area (Å²) in [7, 11) is 1.54. The maximum absolute atomic E-state index is 12.8. The van der Waals surface area contributed by atoms with Crippen LogP contribution in [-0.4, -0.2) is 43.3 Å². The van der Waals surface area contributed by atoms with Crippen molar-refractivity contribution in [2.45, 2.75) is 20.0 Å². The molecule has 8 heteroatoms. The number of anilines is 2. The summed E-state index contributed by atoms with van der Waals surface area (Å²) >= 11 is 0. The van der Waals surface area contributed by atoms with E-state index in [2.05, 4.69) is 15.3 Å². The van der Waals surface area contributed by atoms with Crippen LogP contribution in [-0.2, 0) is 10.9 Å². The third-order valence-corrected chi connectivity index (χ3v) is 2.60. The van der Waals surface area contributed by atoms with E-state index in [1.165, 1.54) is 6.07 Å². The van der Waals surface area contributed by atoms with Crippen LogP contribution in [0, 0.1) is 0 Å². The van der Waals surface area contributed by atoms with Gasteiger partial charge in [-0.1, -0.05) is 0 Å². The fourth-order valence-corrected chi connectivity index (χ4v) is 1.63. The number of ether oxygens (including phenoxy) is 1. The molecule has 0 amide bonds. The summed E-state index contributed by atoms with van der Waals surface area (Å²) in [6.07, 6.45) is -4.57. The van der Waals surface area contributed by atoms with Crippen molar-refractivity contribution >= 4 is 11.6 Å². The van der Waals surface area contributed by atoms with Crippen LogP contribution in [0.2, 0.25) is 0 Å². The second kappa shape index (κ2) is 7.28. The molecule has 1 heterocycles. The molecule has 1 N–H and O–H groups in total. The van der Waals surface area contributed by atoms with E-state index in [0.29, 0.717) is 26.2 Å². The Balaban J connectivity index is 3.12. The van der Waals surface area contributed by atoms with Crippen molar-refractivity contribution in [2.24, 2.45) is 0 Å². The first-order valence-electron chi connectivity index (χ1n) is 6.36. The van der Waals surface area contributed by atoms with Gasteiger partial charge in [-0.05, 0) is 13.8 Å². The molecule has 20 heavy (non-hydrogen) atoms. The maximum atomic E-state index is 12.8. The normalized spacial score (nSPS) is 11.5. The quantitative estimate of drug-likeness (QED) is 0.836. The molecule has 0 atom stereocenters. The van der Waals surface area contributed by atoms with Crippen LogP contribution in [0.5, 0.6) is 0 Å². The minimum atomic E-state index is -4.57. The highest BCUT2D eigenvalue weighted by atomic mass is 19.4. The fourth-order valence-electron chi connectivity index (χ4n) is 1.63. The summed E-state index contributed by atoms with van der Waals surface area (Å²) in [5.74, 6) is -0.731. The Bertz CT molecular complexity index is 426. The highest BCUT2D eigenvalue weighted by molar-refractivity contribution is 5.49. The summed E-state index contributed by atoms with van der Waals surface area (Å²) in [4.78, 5) is 8.80. The van der Waals surface area contributed by atoms with Crippen LogP contribution in [0.4, 0.5) is 24.8 Å². The Hall–Kier alpha value is -1.57. The average molecular weight is 292 g/mol. The Morgan fingerprint density at radius 3 is 2.50 bits per heavy atom. The van der Waals surface area contributed by atoms with Crippen LogP contribution < -0.4 is 10.2 Å². The molecule has 0 bridgehead atoms. The SMILES string of the molecule is CCNc1cc(N(CC)CCOC)nc(C(F)(F)F)n1. The van der Waals surface area contributed by atoms with Gasteiger partial charge in [0.15, 0.2) is 0 Å². The average Bonchev–Trinajstić information content (AvgIpc) is 2.39. The van der Waals surface area contributed by atoms with Crippen LogP contribution in [0.1, 0.15) is 19.7 Å². The Morgan fingerprint density at radius 1 is 1.30 bits per heavy atom. The molecule has 0 aliphatic heterocycles. The minimum Gasteiger partial charge on any atom is -0.383 e. The van der Waals surface area contributed by atoms with E-state index in [1.54, 1.807) is 18.9 Å². The zero-order chi connectivity index (χ0) is 15.2. The highest BCUT2D eigenvalue weighted by Crippen LogP contribution is 2.29. The lowest BCUT2D eigenvalue weighted by atomic mass is 10.4. The Morgan fingerprint density at radius 2 is 2.00 bits per heavy atom. The molecule has 5 nitrogen and oxygen atoms in total. The summed E-state index contributed by atoms with van der Waals surface area (Å²) in [5.41, 5.74) is 0. The first-order chi connectivity index (χ1) is 9.42. The molecular weight excluding hydrogens is 273 g/mol. The standard InChI is InChI=1S/C12H19F3N4O/c1-4-16-9-8-10(19(5-2)6-7-20-3)18-11(17-9)12(13,14)15/h8H,4-7H2,1-3H3,(H,16,17,18). The van der Waals surface area contributed by atoms with Crippen molar-refractivity contribution in [3.05, 3.63) is 11.9 Å². The maximum Gasteiger partial charge on any atom is 0.451 e. The van der Waals surface area contributed by atoms with Gasteiger partial charge in [0.1, 0.15) is 11.6 Å². The second-order valence-corrected chi connectivity index (χ2v) is 4.04. The third kappa shape index (κ3) is 4.52. The number of aromatic nitrogens is 2. The molecule has 1 rings (SSSR count). The summed E-state index contributed by atoms with van der Waals surface area (Å²) < 4.78 is 43.4. The van der Waals surface area contributed by atoms with Crippen molar-refractivity contribution in [2.75, 3.05) is 43.6 Å². The molecule has 114 valence electrons. The van der Waals surface area contributed by atoms with Gasteiger partial charge in [-0.15, -0.1) is 0 Å². The summed E-state index contributed by atoms with van der Waals surface area (Å²) in [5, 5.41) is 2.79. The molecule has 0 spiro atoms. The van der Waals surface area contributed by atoms with E-state index in [0.717, 1.165) is 0 Å². The largest absolute Gasteiger partial charge is 0.451 e. The van der Waals surface area contributed by atoms with Gasteiger partial charge in [0, 0.05) is 32.8 Å². The minimum absolute atomic E-state index is 0.167. The summed E-state index contributed by atoms with van der Waals surface area (Å²) in [6.45, 7) is 5.53. The van der Waals surface area contributed by atoms with Gasteiger partial charge in [0.2, 0.25) is 5.82 Å². The Labute approximate surface area is 116 Å². The number of nitrogens with zero attached hydrogens (tertiary/aromatic N) is 3. The van der Waals surface area contributed by atoms with Gasteiger partial charge >= 0.3 is 6.18 Å². The van der Waals surface area contributed by atoms with Crippen LogP contribution in [0.15, 0.2) is 6.07 Å². The van der Waals surface area contributed by atoms with Gasteiger partial charge in [-0.25, -0.2) is 9.97 Å². The van der Waals surface area contributed by atoms with E-state index < -0.39 is 12.0 Å². The zero-order valence-electron chi connectivity index (χ0n) is 11.8. The number of nitrogens with one attached hydrogen (secondary N) is 1. The Kier molecular flexibility index (Phi) is 6.00. The molecular formula is C12H19F3N4O. The van der Waals surface area contributed by atoms with Crippen molar-refractivity contribution in [3.63, 3.8) is 0 Å². The lowest BCUT2D eigenvalue weighted by Crippen LogP contribution is -2.29. The molecule has 0 fully saturated rings. The molecule has 0 aromatic carbocycles. The lowest BCUT2D eigenvalue weighted by molar-refractivity contribution is -0.144. The topological polar surface area (TPSA) is 50.3 Å². The molecule has 0 radical (unpaired) electrons. The molecule has 1 aromatic heterocycles. The van der Waals surface area contributed by atoms with E-state index in [-0.39, 0.29) is 11.6 Å². The van der Waals surface area contributed by atoms with Gasteiger partial charge in [-0.2, -0.15) is 13.2 Å².